The van der Waals surface area contributed by atoms with E-state index in [4.69, 9.17) is 0 Å². The number of benzene rings is 1. The van der Waals surface area contributed by atoms with Crippen molar-refractivity contribution in [3.63, 3.8) is 0 Å². The Morgan fingerprint density at radius 1 is 1.19 bits per heavy atom. The average Bonchev–Trinajstić information content (AvgIpc) is 2.98. The SMILES string of the molecule is CCCN(C(=O)CC1CC2CCC(C1)N2)C(C)C(=O)Nc1ccccc1. The van der Waals surface area contributed by atoms with Crippen LogP contribution in [0.1, 0.15) is 52.4 Å². The van der Waals surface area contributed by atoms with Crippen molar-refractivity contribution in [2.24, 2.45) is 5.92 Å². The third-order valence-corrected chi connectivity index (χ3v) is 5.71. The third kappa shape index (κ3) is 4.64. The Hall–Kier alpha value is -1.88. The van der Waals surface area contributed by atoms with Crippen LogP contribution < -0.4 is 10.6 Å². The molecular formula is C21H31N3O2. The van der Waals surface area contributed by atoms with Crippen LogP contribution in [0.4, 0.5) is 5.69 Å². The van der Waals surface area contributed by atoms with E-state index in [2.05, 4.69) is 10.6 Å². The molecule has 2 amide bonds. The van der Waals surface area contributed by atoms with Crippen molar-refractivity contribution < 1.29 is 9.59 Å². The van der Waals surface area contributed by atoms with Crippen LogP contribution in [-0.2, 0) is 9.59 Å². The summed E-state index contributed by atoms with van der Waals surface area (Å²) in [5, 5.41) is 6.55. The van der Waals surface area contributed by atoms with Gasteiger partial charge in [-0.05, 0) is 57.1 Å². The number of carbonyl (C=O) groups excluding carboxylic acids is 2. The van der Waals surface area contributed by atoms with Gasteiger partial charge in [0.15, 0.2) is 0 Å². The first-order valence-electron chi connectivity index (χ1n) is 9.98. The number of hydrogen-bond acceptors (Lipinski definition) is 3. The number of carbonyl (C=O) groups is 2. The van der Waals surface area contributed by atoms with E-state index in [1.807, 2.05) is 44.2 Å². The normalized spacial score (nSPS) is 25.5. The maximum absolute atomic E-state index is 13.0. The van der Waals surface area contributed by atoms with E-state index in [0.29, 0.717) is 31.0 Å². The number of amides is 2. The highest BCUT2D eigenvalue weighted by atomic mass is 16.2. The number of anilines is 1. The Labute approximate surface area is 156 Å². The molecule has 2 bridgehead atoms. The molecule has 26 heavy (non-hydrogen) atoms. The monoisotopic (exact) mass is 357 g/mol. The van der Waals surface area contributed by atoms with Crippen LogP contribution in [0.3, 0.4) is 0 Å². The molecule has 5 nitrogen and oxygen atoms in total. The first-order valence-corrected chi connectivity index (χ1v) is 9.98. The number of nitrogens with one attached hydrogen (secondary N) is 2. The summed E-state index contributed by atoms with van der Waals surface area (Å²) in [6.07, 6.45) is 6.08. The molecule has 0 saturated carbocycles. The molecule has 2 aliphatic heterocycles. The molecule has 3 unspecified atom stereocenters. The summed E-state index contributed by atoms with van der Waals surface area (Å²) in [5.74, 6) is 0.447. The van der Waals surface area contributed by atoms with Crippen LogP contribution in [0.15, 0.2) is 30.3 Å². The summed E-state index contributed by atoms with van der Waals surface area (Å²) >= 11 is 0. The molecule has 1 aromatic carbocycles. The first-order chi connectivity index (χ1) is 12.6. The van der Waals surface area contributed by atoms with E-state index in [1.54, 1.807) is 4.90 Å². The fourth-order valence-electron chi connectivity index (χ4n) is 4.39. The van der Waals surface area contributed by atoms with Crippen molar-refractivity contribution in [1.29, 1.82) is 0 Å². The van der Waals surface area contributed by atoms with Crippen molar-refractivity contribution in [2.75, 3.05) is 11.9 Å². The van der Waals surface area contributed by atoms with Gasteiger partial charge in [-0.2, -0.15) is 0 Å². The molecular weight excluding hydrogens is 326 g/mol. The number of nitrogens with zero attached hydrogens (tertiary/aromatic N) is 1. The van der Waals surface area contributed by atoms with Gasteiger partial charge in [-0.1, -0.05) is 25.1 Å². The maximum atomic E-state index is 13.0. The topological polar surface area (TPSA) is 61.4 Å². The molecule has 2 heterocycles. The lowest BCUT2D eigenvalue weighted by molar-refractivity contribution is -0.139. The van der Waals surface area contributed by atoms with E-state index in [-0.39, 0.29) is 11.8 Å². The lowest BCUT2D eigenvalue weighted by atomic mass is 9.89. The smallest absolute Gasteiger partial charge is 0.246 e. The summed E-state index contributed by atoms with van der Waals surface area (Å²) in [7, 11) is 0. The molecule has 5 heteroatoms. The number of para-hydroxylation sites is 1. The van der Waals surface area contributed by atoms with E-state index >= 15 is 0 Å². The van der Waals surface area contributed by atoms with Crippen molar-refractivity contribution in [1.82, 2.24) is 10.2 Å². The number of hydrogen-bond donors (Lipinski definition) is 2. The second-order valence-electron chi connectivity index (χ2n) is 7.80. The molecule has 0 aliphatic carbocycles. The second kappa shape index (κ2) is 8.67. The van der Waals surface area contributed by atoms with Gasteiger partial charge in [-0.25, -0.2) is 0 Å². The van der Waals surface area contributed by atoms with Gasteiger partial charge in [-0.3, -0.25) is 9.59 Å². The predicted octanol–water partition coefficient (Wildman–Crippen LogP) is 3.17. The van der Waals surface area contributed by atoms with Gasteiger partial charge in [0.25, 0.3) is 0 Å². The highest BCUT2D eigenvalue weighted by Crippen LogP contribution is 2.33. The minimum atomic E-state index is -0.457. The summed E-state index contributed by atoms with van der Waals surface area (Å²) in [5.41, 5.74) is 0.767. The molecule has 3 rings (SSSR count). The molecule has 142 valence electrons. The van der Waals surface area contributed by atoms with Gasteiger partial charge >= 0.3 is 0 Å². The first kappa shape index (κ1) is 18.9. The molecule has 3 atom stereocenters. The van der Waals surface area contributed by atoms with Crippen LogP contribution in [0.2, 0.25) is 0 Å². The molecule has 0 aromatic heterocycles. The fourth-order valence-corrected chi connectivity index (χ4v) is 4.39. The molecule has 0 spiro atoms. The summed E-state index contributed by atoms with van der Waals surface area (Å²) in [6.45, 7) is 4.50. The number of fused-ring (bicyclic) bond motifs is 2. The van der Waals surface area contributed by atoms with Crippen molar-refractivity contribution in [2.45, 2.75) is 70.5 Å². The van der Waals surface area contributed by atoms with E-state index < -0.39 is 6.04 Å². The quantitative estimate of drug-likeness (QED) is 0.788. The van der Waals surface area contributed by atoms with Gasteiger partial charge in [0.1, 0.15) is 6.04 Å². The Kier molecular flexibility index (Phi) is 6.30. The highest BCUT2D eigenvalue weighted by molar-refractivity contribution is 5.96. The zero-order chi connectivity index (χ0) is 18.5. The van der Waals surface area contributed by atoms with Gasteiger partial charge in [0.05, 0.1) is 0 Å². The Morgan fingerprint density at radius 2 is 1.85 bits per heavy atom. The standard InChI is InChI=1S/C21H31N3O2/c1-3-11-24(15(2)21(26)23-17-7-5-4-6-8-17)20(25)14-16-12-18-9-10-19(13-16)22-18/h4-8,15-16,18-19,22H,3,9-14H2,1-2H3,(H,23,26). The summed E-state index contributed by atoms with van der Waals surface area (Å²) < 4.78 is 0. The van der Waals surface area contributed by atoms with Crippen molar-refractivity contribution in [3.05, 3.63) is 30.3 Å². The second-order valence-corrected chi connectivity index (χ2v) is 7.80. The molecule has 2 fully saturated rings. The van der Waals surface area contributed by atoms with Crippen LogP contribution in [-0.4, -0.2) is 41.4 Å². The van der Waals surface area contributed by atoms with E-state index in [0.717, 1.165) is 24.9 Å². The lowest BCUT2D eigenvalue weighted by Gasteiger charge is -2.33. The fraction of sp³-hybridized carbons (Fsp3) is 0.619. The van der Waals surface area contributed by atoms with Gasteiger partial charge in [0, 0.05) is 30.7 Å². The van der Waals surface area contributed by atoms with E-state index in [1.165, 1.54) is 12.8 Å². The van der Waals surface area contributed by atoms with Gasteiger partial charge < -0.3 is 15.5 Å². The van der Waals surface area contributed by atoms with Crippen LogP contribution in [0, 0.1) is 5.92 Å². The van der Waals surface area contributed by atoms with Crippen LogP contribution in [0.25, 0.3) is 0 Å². The van der Waals surface area contributed by atoms with Crippen LogP contribution >= 0.6 is 0 Å². The minimum absolute atomic E-state index is 0.119. The predicted molar refractivity (Wildman–Crippen MR) is 104 cm³/mol. The summed E-state index contributed by atoms with van der Waals surface area (Å²) in [4.78, 5) is 27.3. The lowest BCUT2D eigenvalue weighted by Crippen LogP contribution is -2.47. The Bertz CT molecular complexity index is 607. The minimum Gasteiger partial charge on any atom is -0.331 e. The molecule has 1 aromatic rings. The van der Waals surface area contributed by atoms with Gasteiger partial charge in [0.2, 0.25) is 11.8 Å². The number of piperidine rings is 1. The average molecular weight is 357 g/mol. The van der Waals surface area contributed by atoms with Crippen molar-refractivity contribution >= 4 is 17.5 Å². The Morgan fingerprint density at radius 3 is 2.46 bits per heavy atom. The molecule has 2 saturated heterocycles. The van der Waals surface area contributed by atoms with Crippen LogP contribution in [0.5, 0.6) is 0 Å². The maximum Gasteiger partial charge on any atom is 0.246 e. The largest absolute Gasteiger partial charge is 0.331 e. The van der Waals surface area contributed by atoms with Gasteiger partial charge in [-0.15, -0.1) is 0 Å². The molecule has 0 radical (unpaired) electrons. The molecule has 2 N–H and O–H groups in total. The zero-order valence-electron chi connectivity index (χ0n) is 15.9. The van der Waals surface area contributed by atoms with E-state index in [9.17, 15) is 9.59 Å². The molecule has 2 aliphatic rings. The highest BCUT2D eigenvalue weighted by Gasteiger charge is 2.35. The third-order valence-electron chi connectivity index (χ3n) is 5.71. The summed E-state index contributed by atoms with van der Waals surface area (Å²) in [6, 6.07) is 10.1. The zero-order valence-corrected chi connectivity index (χ0v) is 15.9. The Balaban J connectivity index is 1.59. The van der Waals surface area contributed by atoms with Crippen molar-refractivity contribution in [3.8, 4) is 0 Å². The number of rotatable bonds is 7.